The van der Waals surface area contributed by atoms with E-state index in [1.54, 1.807) is 27.8 Å². The van der Waals surface area contributed by atoms with Crippen LogP contribution in [0.25, 0.3) is 11.1 Å². The normalized spacial score (nSPS) is 22.6. The lowest BCUT2D eigenvalue weighted by Crippen LogP contribution is -2.20. The zero-order valence-corrected chi connectivity index (χ0v) is 58.5. The van der Waals surface area contributed by atoms with E-state index in [0.717, 1.165) is 42.9 Å². The Hall–Kier alpha value is -8.06. The molecule has 1 fully saturated rings. The van der Waals surface area contributed by atoms with Crippen LogP contribution >= 0.6 is 0 Å². The highest BCUT2D eigenvalue weighted by Crippen LogP contribution is 2.46. The van der Waals surface area contributed by atoms with Crippen molar-refractivity contribution in [1.29, 1.82) is 0 Å². The maximum Gasteiger partial charge on any atom is 0.0281 e. The van der Waals surface area contributed by atoms with E-state index in [-0.39, 0.29) is 0 Å². The second kappa shape index (κ2) is 30.6. The number of rotatable bonds is 19. The number of allylic oxidation sites excluding steroid dienone is 32. The van der Waals surface area contributed by atoms with Crippen LogP contribution in [-0.4, -0.2) is 0 Å². The van der Waals surface area contributed by atoms with Crippen LogP contribution in [0.2, 0.25) is 0 Å². The Balaban J connectivity index is 0.000000125. The molecule has 0 saturated heterocycles. The molecule has 1 saturated carbocycles. The van der Waals surface area contributed by atoms with E-state index in [0.29, 0.717) is 23.7 Å². The van der Waals surface area contributed by atoms with Gasteiger partial charge in [0.05, 0.1) is 0 Å². The number of aryl methyl sites for hydroxylation is 6. The minimum atomic E-state index is 0.400. The Morgan fingerprint density at radius 3 is 1.50 bits per heavy atom. The first-order chi connectivity index (χ1) is 47.2. The van der Waals surface area contributed by atoms with Gasteiger partial charge in [-0.1, -0.05) is 284 Å². The van der Waals surface area contributed by atoms with Gasteiger partial charge in [0.25, 0.3) is 0 Å². The lowest BCUT2D eigenvalue weighted by atomic mass is 9.75. The molecule has 5 aromatic carbocycles. The molecule has 0 N–H and O–H groups in total. The lowest BCUT2D eigenvalue weighted by molar-refractivity contribution is 0.223. The first-order valence-electron chi connectivity index (χ1n) is 37.8. The molecule has 16 rings (SSSR count). The Bertz CT molecular complexity index is 4190. The van der Waals surface area contributed by atoms with Crippen LogP contribution in [0.5, 0.6) is 0 Å². The van der Waals surface area contributed by atoms with E-state index >= 15 is 0 Å². The average Bonchev–Trinajstić information content (AvgIpc) is 1.63. The van der Waals surface area contributed by atoms with Gasteiger partial charge >= 0.3 is 0 Å². The van der Waals surface area contributed by atoms with Crippen LogP contribution in [0.1, 0.15) is 183 Å². The number of hydrogen-bond acceptors (Lipinski definition) is 0. The molecular weight excluding hydrogens is 1150 g/mol. The molecule has 0 radical (unpaired) electrons. The third-order valence-corrected chi connectivity index (χ3v) is 23.6. The third kappa shape index (κ3) is 15.1. The summed E-state index contributed by atoms with van der Waals surface area (Å²) < 4.78 is 0. The van der Waals surface area contributed by atoms with Crippen LogP contribution in [0.15, 0.2) is 281 Å². The Labute approximate surface area is 578 Å². The fourth-order valence-corrected chi connectivity index (χ4v) is 17.8. The van der Waals surface area contributed by atoms with Crippen molar-refractivity contribution in [2.75, 3.05) is 0 Å². The first kappa shape index (κ1) is 65.2. The molecule has 0 amide bonds. The van der Waals surface area contributed by atoms with Crippen molar-refractivity contribution in [3.63, 3.8) is 0 Å². The Kier molecular flexibility index (Phi) is 20.8. The van der Waals surface area contributed by atoms with Crippen molar-refractivity contribution in [2.45, 2.75) is 175 Å². The summed E-state index contributed by atoms with van der Waals surface area (Å²) in [7, 11) is 0. The third-order valence-electron chi connectivity index (χ3n) is 23.6. The molecule has 5 aromatic rings. The molecular formula is C96H104. The molecule has 96 heavy (non-hydrogen) atoms. The summed E-state index contributed by atoms with van der Waals surface area (Å²) >= 11 is 0. The second-order valence-electron chi connectivity index (χ2n) is 30.2. The van der Waals surface area contributed by atoms with Crippen LogP contribution in [0, 0.1) is 48.3 Å². The molecule has 4 unspecified atom stereocenters. The molecule has 0 aliphatic heterocycles. The van der Waals surface area contributed by atoms with E-state index in [4.69, 9.17) is 0 Å². The number of hydrogen-bond donors (Lipinski definition) is 0. The summed E-state index contributed by atoms with van der Waals surface area (Å²) in [6, 6.07) is 40.2. The van der Waals surface area contributed by atoms with Gasteiger partial charge < -0.3 is 0 Å². The highest BCUT2D eigenvalue weighted by atomic mass is 14.4. The van der Waals surface area contributed by atoms with Crippen molar-refractivity contribution in [2.24, 2.45) is 41.4 Å². The zero-order valence-electron chi connectivity index (χ0n) is 58.5. The van der Waals surface area contributed by atoms with E-state index in [2.05, 4.69) is 271 Å². The summed E-state index contributed by atoms with van der Waals surface area (Å²) in [5.41, 5.74) is 33.9. The van der Waals surface area contributed by atoms with Gasteiger partial charge in [0.15, 0.2) is 0 Å². The maximum absolute atomic E-state index is 2.47. The SMILES string of the molecule is C1=CC2C(=C1)C(Cc1ccc(C3C=CC=C3)cc1)=CC=C2c1ccc2c(c1)CCC2.CCCC(CC)CCc1ccc(CC2=CC=C(C3=CCCC=C3)C3C=CC=C23)cc1.Cc1cc(CC2=CC=C(c3ccc4c(c3)CCC4)C3C=CC=C23)ccc1CC1CCC(C(C)C)CC1. The average molecular weight is 1260 g/mol. The quantitative estimate of drug-likeness (QED) is 0.0773. The standard InChI is InChI=1S/C36H42.C30H26.C30H36/c1-24(2)28-13-10-26(11-14-28)21-30-15-12-27(20-25(30)3)22-32-18-19-35(36-9-5-8-34(32)36)33-17-16-29-6-4-7-31(29)23-33;1-2-6-22(5-1)24-13-11-21(12-14-24)19-26-17-18-29(30-10-4-9-28(26)30)27-16-15-23-7-3-8-25(23)20-27;1-3-9-23(4-2)14-15-24-16-18-25(19-17-24)22-27-20-21-29(26-10-6-5-7-11-26)30-13-8-12-28(27)30/h5,8-9,12,15-20,23-24,26,28,36H,4,6-7,10-11,13-14,21-22H2,1-3H3;1-2,4-6,9-18,20,22,30H,3,7-8,19H2;6,8,10-13,16-21,23,30H,3-5,7,9,14-15,22H2,1-2H3. The molecule has 11 aliphatic rings. The van der Waals surface area contributed by atoms with Gasteiger partial charge in [-0.3, -0.25) is 0 Å². The van der Waals surface area contributed by atoms with Gasteiger partial charge in [-0.25, -0.2) is 0 Å². The molecule has 0 heterocycles. The number of fused-ring (bicyclic) bond motifs is 5. The molecule has 488 valence electrons. The van der Waals surface area contributed by atoms with E-state index in [1.165, 1.54) is 216 Å². The predicted octanol–water partition coefficient (Wildman–Crippen LogP) is 24.5. The smallest absolute Gasteiger partial charge is 0.0281 e. The molecule has 0 aromatic heterocycles. The highest BCUT2D eigenvalue weighted by molar-refractivity contribution is 5.80. The van der Waals surface area contributed by atoms with Gasteiger partial charge in [-0.2, -0.15) is 0 Å². The van der Waals surface area contributed by atoms with Gasteiger partial charge in [0, 0.05) is 23.7 Å². The van der Waals surface area contributed by atoms with Crippen LogP contribution in [0.3, 0.4) is 0 Å². The van der Waals surface area contributed by atoms with Crippen LogP contribution < -0.4 is 0 Å². The van der Waals surface area contributed by atoms with Crippen molar-refractivity contribution in [1.82, 2.24) is 0 Å². The van der Waals surface area contributed by atoms with Gasteiger partial charge in [-0.05, 0) is 274 Å². The monoisotopic (exact) mass is 1260 g/mol. The first-order valence-corrected chi connectivity index (χ1v) is 37.8. The largest absolute Gasteiger partial charge is 0.0836 e. The van der Waals surface area contributed by atoms with E-state index in [9.17, 15) is 0 Å². The zero-order chi connectivity index (χ0) is 65.3. The van der Waals surface area contributed by atoms with Crippen molar-refractivity contribution in [3.8, 4) is 0 Å². The van der Waals surface area contributed by atoms with Gasteiger partial charge in [0.1, 0.15) is 0 Å². The minimum Gasteiger partial charge on any atom is -0.0836 e. The predicted molar refractivity (Wildman–Crippen MR) is 411 cm³/mol. The summed E-state index contributed by atoms with van der Waals surface area (Å²) in [6.45, 7) is 11.8. The van der Waals surface area contributed by atoms with E-state index < -0.39 is 0 Å². The molecule has 0 bridgehead atoms. The molecule has 0 nitrogen and oxygen atoms in total. The van der Waals surface area contributed by atoms with Crippen molar-refractivity contribution < 1.29 is 0 Å². The topological polar surface area (TPSA) is 0 Å². The second-order valence-corrected chi connectivity index (χ2v) is 30.2. The molecule has 4 atom stereocenters. The summed E-state index contributed by atoms with van der Waals surface area (Å²) in [6.07, 6.45) is 77.4. The molecule has 0 spiro atoms. The molecule has 0 heteroatoms. The number of benzene rings is 5. The van der Waals surface area contributed by atoms with Gasteiger partial charge in [0.2, 0.25) is 0 Å². The Morgan fingerprint density at radius 2 is 0.969 bits per heavy atom. The van der Waals surface area contributed by atoms with E-state index in [1.807, 2.05) is 0 Å². The summed E-state index contributed by atoms with van der Waals surface area (Å²) in [4.78, 5) is 0. The maximum atomic E-state index is 2.47. The fourth-order valence-electron chi connectivity index (χ4n) is 17.8. The lowest BCUT2D eigenvalue weighted by Gasteiger charge is -2.31. The highest BCUT2D eigenvalue weighted by Gasteiger charge is 2.31. The summed E-state index contributed by atoms with van der Waals surface area (Å²) in [5, 5.41) is 0. The van der Waals surface area contributed by atoms with Gasteiger partial charge in [-0.15, -0.1) is 0 Å². The fraction of sp³-hybridized carbons (Fsp3) is 0.354. The minimum absolute atomic E-state index is 0.400. The molecule has 11 aliphatic carbocycles. The summed E-state index contributed by atoms with van der Waals surface area (Å²) in [5.74, 6) is 5.25. The Morgan fingerprint density at radius 1 is 0.448 bits per heavy atom. The van der Waals surface area contributed by atoms with Crippen LogP contribution in [-0.2, 0) is 57.8 Å². The van der Waals surface area contributed by atoms with Crippen molar-refractivity contribution >= 4 is 11.1 Å². The van der Waals surface area contributed by atoms with Crippen molar-refractivity contribution in [3.05, 3.63) is 354 Å². The van der Waals surface area contributed by atoms with Crippen LogP contribution in [0.4, 0.5) is 0 Å².